The van der Waals surface area contributed by atoms with Crippen LogP contribution in [0.1, 0.15) is 18.4 Å². The van der Waals surface area contributed by atoms with E-state index in [1.54, 1.807) is 0 Å². The Morgan fingerprint density at radius 3 is 2.85 bits per heavy atom. The van der Waals surface area contributed by atoms with Gasteiger partial charge in [0.25, 0.3) is 0 Å². The van der Waals surface area contributed by atoms with Crippen LogP contribution >= 0.6 is 0 Å². The Morgan fingerprint density at radius 1 is 1.15 bits per heavy atom. The van der Waals surface area contributed by atoms with E-state index in [-0.39, 0.29) is 0 Å². The van der Waals surface area contributed by atoms with Crippen molar-refractivity contribution < 1.29 is 4.74 Å². The van der Waals surface area contributed by atoms with Crippen LogP contribution in [0, 0.1) is 5.92 Å². The summed E-state index contributed by atoms with van der Waals surface area (Å²) < 4.78 is 5.87. The van der Waals surface area contributed by atoms with Crippen molar-refractivity contribution in [2.75, 3.05) is 0 Å². The molecular formula is C12H12O. The molecule has 2 aliphatic rings. The van der Waals surface area contributed by atoms with Crippen molar-refractivity contribution in [3.63, 3.8) is 0 Å². The molecule has 3 rings (SSSR count). The van der Waals surface area contributed by atoms with E-state index in [0.717, 1.165) is 11.7 Å². The quantitative estimate of drug-likeness (QED) is 0.633. The standard InChI is InChI=1S/C12H12O/c1-2-4-11-9(3-1)7-8-12(13-11)10-5-6-10/h1-4,7-8,10,12H,5-6H2. The monoisotopic (exact) mass is 172 g/mol. The smallest absolute Gasteiger partial charge is 0.127 e. The van der Waals surface area contributed by atoms with Gasteiger partial charge in [0.1, 0.15) is 11.9 Å². The molecule has 1 nitrogen and oxygen atoms in total. The molecule has 1 aromatic carbocycles. The average molecular weight is 172 g/mol. The molecule has 0 spiro atoms. The maximum absolute atomic E-state index is 5.87. The highest BCUT2D eigenvalue weighted by atomic mass is 16.5. The molecule has 0 bridgehead atoms. The lowest BCUT2D eigenvalue weighted by Gasteiger charge is -2.20. The Labute approximate surface area is 78.0 Å². The van der Waals surface area contributed by atoms with Crippen LogP contribution in [0.15, 0.2) is 30.3 Å². The third kappa shape index (κ3) is 1.24. The first-order chi connectivity index (χ1) is 6.43. The van der Waals surface area contributed by atoms with Gasteiger partial charge in [0.05, 0.1) is 0 Å². The van der Waals surface area contributed by atoms with E-state index < -0.39 is 0 Å². The predicted octanol–water partition coefficient (Wildman–Crippen LogP) is 2.87. The van der Waals surface area contributed by atoms with Crippen LogP contribution in [0.4, 0.5) is 0 Å². The number of benzene rings is 1. The second-order valence-electron chi connectivity index (χ2n) is 3.82. The largest absolute Gasteiger partial charge is 0.485 e. The first-order valence-electron chi connectivity index (χ1n) is 4.87. The van der Waals surface area contributed by atoms with Gasteiger partial charge in [-0.05, 0) is 30.9 Å². The molecule has 1 heteroatoms. The van der Waals surface area contributed by atoms with Gasteiger partial charge in [-0.2, -0.15) is 0 Å². The fourth-order valence-corrected chi connectivity index (χ4v) is 1.79. The van der Waals surface area contributed by atoms with E-state index in [9.17, 15) is 0 Å². The third-order valence-corrected chi connectivity index (χ3v) is 2.73. The lowest BCUT2D eigenvalue weighted by Crippen LogP contribution is -2.18. The van der Waals surface area contributed by atoms with Crippen molar-refractivity contribution in [2.24, 2.45) is 5.92 Å². The molecule has 1 aliphatic carbocycles. The Kier molecular flexibility index (Phi) is 1.45. The van der Waals surface area contributed by atoms with Crippen LogP contribution in [0.3, 0.4) is 0 Å². The van der Waals surface area contributed by atoms with Gasteiger partial charge in [-0.1, -0.05) is 24.3 Å². The summed E-state index contributed by atoms with van der Waals surface area (Å²) in [6, 6.07) is 8.22. The Morgan fingerprint density at radius 2 is 2.00 bits per heavy atom. The topological polar surface area (TPSA) is 9.23 Å². The zero-order valence-corrected chi connectivity index (χ0v) is 7.44. The normalized spacial score (nSPS) is 25.1. The maximum atomic E-state index is 5.87. The van der Waals surface area contributed by atoms with Crippen LogP contribution in [-0.2, 0) is 0 Å². The van der Waals surface area contributed by atoms with Gasteiger partial charge < -0.3 is 4.74 Å². The lowest BCUT2D eigenvalue weighted by molar-refractivity contribution is 0.222. The van der Waals surface area contributed by atoms with Gasteiger partial charge in [0, 0.05) is 5.56 Å². The molecule has 1 unspecified atom stereocenters. The van der Waals surface area contributed by atoms with E-state index in [2.05, 4.69) is 18.2 Å². The molecule has 1 saturated carbocycles. The van der Waals surface area contributed by atoms with Crippen molar-refractivity contribution in [3.05, 3.63) is 35.9 Å². The van der Waals surface area contributed by atoms with Crippen molar-refractivity contribution in [3.8, 4) is 5.75 Å². The van der Waals surface area contributed by atoms with Gasteiger partial charge >= 0.3 is 0 Å². The van der Waals surface area contributed by atoms with Crippen LogP contribution < -0.4 is 4.74 Å². The number of hydrogen-bond acceptors (Lipinski definition) is 1. The van der Waals surface area contributed by atoms with Crippen LogP contribution in [-0.4, -0.2) is 6.10 Å². The Balaban J connectivity index is 1.93. The summed E-state index contributed by atoms with van der Waals surface area (Å²) in [6.07, 6.45) is 7.38. The summed E-state index contributed by atoms with van der Waals surface area (Å²) >= 11 is 0. The molecule has 0 saturated heterocycles. The summed E-state index contributed by atoms with van der Waals surface area (Å²) in [5, 5.41) is 0. The highest BCUT2D eigenvalue weighted by Gasteiger charge is 2.32. The minimum Gasteiger partial charge on any atom is -0.485 e. The molecule has 0 aromatic heterocycles. The lowest BCUT2D eigenvalue weighted by atomic mass is 10.1. The van der Waals surface area contributed by atoms with E-state index in [1.807, 2.05) is 18.2 Å². The highest BCUT2D eigenvalue weighted by Crippen LogP contribution is 2.38. The number of hydrogen-bond donors (Lipinski definition) is 0. The summed E-state index contributed by atoms with van der Waals surface area (Å²) in [5.41, 5.74) is 1.21. The summed E-state index contributed by atoms with van der Waals surface area (Å²) in [5.74, 6) is 1.83. The highest BCUT2D eigenvalue weighted by molar-refractivity contribution is 5.59. The molecule has 1 heterocycles. The van der Waals surface area contributed by atoms with Gasteiger partial charge in [-0.15, -0.1) is 0 Å². The summed E-state index contributed by atoms with van der Waals surface area (Å²) in [4.78, 5) is 0. The van der Waals surface area contributed by atoms with Crippen molar-refractivity contribution in [1.29, 1.82) is 0 Å². The van der Waals surface area contributed by atoms with Crippen molar-refractivity contribution in [1.82, 2.24) is 0 Å². The second-order valence-corrected chi connectivity index (χ2v) is 3.82. The van der Waals surface area contributed by atoms with Crippen LogP contribution in [0.2, 0.25) is 0 Å². The number of fused-ring (bicyclic) bond motifs is 1. The van der Waals surface area contributed by atoms with Crippen LogP contribution in [0.25, 0.3) is 6.08 Å². The predicted molar refractivity (Wildman–Crippen MR) is 52.6 cm³/mol. The van der Waals surface area contributed by atoms with Gasteiger partial charge in [-0.25, -0.2) is 0 Å². The molecule has 0 radical (unpaired) electrons. The molecule has 0 N–H and O–H groups in total. The molecule has 1 atom stereocenters. The summed E-state index contributed by atoms with van der Waals surface area (Å²) in [7, 11) is 0. The van der Waals surface area contributed by atoms with E-state index in [0.29, 0.717) is 6.10 Å². The number of ether oxygens (including phenoxy) is 1. The zero-order valence-electron chi connectivity index (χ0n) is 7.44. The molecular weight excluding hydrogens is 160 g/mol. The van der Waals surface area contributed by atoms with Gasteiger partial charge in [-0.3, -0.25) is 0 Å². The average Bonchev–Trinajstić information content (AvgIpc) is 3.00. The molecule has 1 aromatic rings. The first kappa shape index (κ1) is 7.19. The van der Waals surface area contributed by atoms with Crippen molar-refractivity contribution in [2.45, 2.75) is 18.9 Å². The van der Waals surface area contributed by atoms with E-state index in [4.69, 9.17) is 4.74 Å². The third-order valence-electron chi connectivity index (χ3n) is 2.73. The van der Waals surface area contributed by atoms with E-state index in [1.165, 1.54) is 18.4 Å². The minimum atomic E-state index is 0.342. The fourth-order valence-electron chi connectivity index (χ4n) is 1.79. The minimum absolute atomic E-state index is 0.342. The number of para-hydroxylation sites is 1. The SMILES string of the molecule is C1=CC(C2CC2)Oc2ccccc21. The van der Waals surface area contributed by atoms with E-state index >= 15 is 0 Å². The summed E-state index contributed by atoms with van der Waals surface area (Å²) in [6.45, 7) is 0. The van der Waals surface area contributed by atoms with Gasteiger partial charge in [0.2, 0.25) is 0 Å². The Bertz CT molecular complexity index is 350. The van der Waals surface area contributed by atoms with Crippen molar-refractivity contribution >= 4 is 6.08 Å². The molecule has 0 amide bonds. The molecule has 66 valence electrons. The fraction of sp³-hybridized carbons (Fsp3) is 0.333. The zero-order chi connectivity index (χ0) is 8.67. The number of rotatable bonds is 1. The molecule has 13 heavy (non-hydrogen) atoms. The second kappa shape index (κ2) is 2.63. The maximum Gasteiger partial charge on any atom is 0.127 e. The van der Waals surface area contributed by atoms with Crippen LogP contribution in [0.5, 0.6) is 5.75 Å². The Hall–Kier alpha value is -1.24. The molecule has 1 aliphatic heterocycles. The first-order valence-corrected chi connectivity index (χ1v) is 4.87. The molecule has 1 fully saturated rings. The van der Waals surface area contributed by atoms with Gasteiger partial charge in [0.15, 0.2) is 0 Å².